The number of nitrogens with two attached hydrogens (primary N) is 1. The van der Waals surface area contributed by atoms with Crippen LogP contribution in [0.4, 0.5) is 5.69 Å². The molecular formula is C14H8ClN3O4. The Balaban J connectivity index is 2.39. The van der Waals surface area contributed by atoms with Crippen LogP contribution in [0.25, 0.3) is 17.4 Å². The number of primary amides is 1. The minimum atomic E-state index is -0.867. The summed E-state index contributed by atoms with van der Waals surface area (Å²) >= 11 is 5.99. The number of nitriles is 1. The van der Waals surface area contributed by atoms with Crippen molar-refractivity contribution in [1.82, 2.24) is 0 Å². The number of nitrogens with zero attached hydrogens (tertiary/aromatic N) is 2. The summed E-state index contributed by atoms with van der Waals surface area (Å²) in [5.74, 6) is -0.290. The van der Waals surface area contributed by atoms with Crippen LogP contribution in [-0.4, -0.2) is 10.8 Å². The number of carbonyl (C=O) groups is 1. The van der Waals surface area contributed by atoms with Crippen molar-refractivity contribution in [3.05, 3.63) is 56.8 Å². The molecule has 0 aliphatic rings. The molecule has 0 bridgehead atoms. The van der Waals surface area contributed by atoms with E-state index in [4.69, 9.17) is 27.0 Å². The first-order chi connectivity index (χ1) is 10.4. The third kappa shape index (κ3) is 3.13. The molecule has 0 spiro atoms. The van der Waals surface area contributed by atoms with Gasteiger partial charge in [-0.1, -0.05) is 11.6 Å². The van der Waals surface area contributed by atoms with Crippen LogP contribution in [0.5, 0.6) is 0 Å². The number of benzene rings is 1. The monoisotopic (exact) mass is 317 g/mol. The number of hydrogen-bond donors (Lipinski definition) is 1. The molecule has 0 saturated carbocycles. The third-order valence-electron chi connectivity index (χ3n) is 2.73. The molecule has 0 fully saturated rings. The van der Waals surface area contributed by atoms with Gasteiger partial charge in [0.25, 0.3) is 11.6 Å². The largest absolute Gasteiger partial charge is 0.457 e. The van der Waals surface area contributed by atoms with Crippen molar-refractivity contribution >= 4 is 29.3 Å². The van der Waals surface area contributed by atoms with Gasteiger partial charge < -0.3 is 10.2 Å². The molecule has 0 aliphatic carbocycles. The van der Waals surface area contributed by atoms with E-state index in [0.717, 1.165) is 0 Å². The first-order valence-electron chi connectivity index (χ1n) is 5.88. The van der Waals surface area contributed by atoms with Gasteiger partial charge in [0, 0.05) is 23.8 Å². The molecule has 0 unspecified atom stereocenters. The number of nitro groups is 1. The number of non-ortho nitro benzene ring substituents is 1. The summed E-state index contributed by atoms with van der Waals surface area (Å²) in [6, 6.07) is 8.69. The lowest BCUT2D eigenvalue weighted by atomic mass is 10.1. The van der Waals surface area contributed by atoms with Crippen molar-refractivity contribution in [3.8, 4) is 17.4 Å². The average molecular weight is 318 g/mol. The van der Waals surface area contributed by atoms with Gasteiger partial charge in [-0.3, -0.25) is 14.9 Å². The molecule has 1 amide bonds. The van der Waals surface area contributed by atoms with Crippen LogP contribution < -0.4 is 5.73 Å². The minimum absolute atomic E-state index is 0.138. The van der Waals surface area contributed by atoms with Crippen molar-refractivity contribution < 1.29 is 14.1 Å². The lowest BCUT2D eigenvalue weighted by molar-refractivity contribution is -0.384. The summed E-state index contributed by atoms with van der Waals surface area (Å²) in [6.45, 7) is 0. The molecule has 2 aromatic rings. The maximum absolute atomic E-state index is 11.0. The Labute approximate surface area is 129 Å². The zero-order valence-electron chi connectivity index (χ0n) is 10.9. The first-order valence-corrected chi connectivity index (χ1v) is 6.26. The molecule has 0 saturated heterocycles. The highest BCUT2D eigenvalue weighted by Crippen LogP contribution is 2.32. The second kappa shape index (κ2) is 6.11. The Morgan fingerprint density at radius 2 is 2.14 bits per heavy atom. The highest BCUT2D eigenvalue weighted by molar-refractivity contribution is 6.33. The van der Waals surface area contributed by atoms with Crippen LogP contribution >= 0.6 is 11.6 Å². The third-order valence-corrected chi connectivity index (χ3v) is 3.04. The maximum atomic E-state index is 11.0. The normalized spacial score (nSPS) is 11.0. The molecule has 0 radical (unpaired) electrons. The van der Waals surface area contributed by atoms with Gasteiger partial charge in [0.05, 0.1) is 9.95 Å². The molecule has 1 aromatic heterocycles. The minimum Gasteiger partial charge on any atom is -0.457 e. The van der Waals surface area contributed by atoms with Crippen molar-refractivity contribution in [2.24, 2.45) is 5.73 Å². The fraction of sp³-hybridized carbons (Fsp3) is 0. The predicted octanol–water partition coefficient (Wildman–Crippen LogP) is 2.90. The summed E-state index contributed by atoms with van der Waals surface area (Å²) in [4.78, 5) is 21.1. The smallest absolute Gasteiger partial charge is 0.270 e. The molecule has 0 aliphatic heterocycles. The first kappa shape index (κ1) is 15.3. The number of furan rings is 1. The second-order valence-corrected chi connectivity index (χ2v) is 4.56. The van der Waals surface area contributed by atoms with Crippen molar-refractivity contribution in [1.29, 1.82) is 5.26 Å². The van der Waals surface area contributed by atoms with E-state index in [1.807, 2.05) is 0 Å². The van der Waals surface area contributed by atoms with E-state index >= 15 is 0 Å². The molecule has 22 heavy (non-hydrogen) atoms. The SMILES string of the molecule is N#CC(=Cc1ccc(-c2ccc([N+](=O)[O-])cc2Cl)o1)C(N)=O. The summed E-state index contributed by atoms with van der Waals surface area (Å²) in [6.07, 6.45) is 1.20. The number of amides is 1. The van der Waals surface area contributed by atoms with Crippen LogP contribution in [0, 0.1) is 21.4 Å². The van der Waals surface area contributed by atoms with Gasteiger partial charge >= 0.3 is 0 Å². The quantitative estimate of drug-likeness (QED) is 0.402. The predicted molar refractivity (Wildman–Crippen MR) is 78.6 cm³/mol. The fourth-order valence-corrected chi connectivity index (χ4v) is 1.96. The topological polar surface area (TPSA) is 123 Å². The zero-order chi connectivity index (χ0) is 16.3. The fourth-order valence-electron chi connectivity index (χ4n) is 1.69. The van der Waals surface area contributed by atoms with Gasteiger partial charge in [0.2, 0.25) is 0 Å². The Morgan fingerprint density at radius 3 is 2.68 bits per heavy atom. The zero-order valence-corrected chi connectivity index (χ0v) is 11.7. The van der Waals surface area contributed by atoms with Crippen LogP contribution in [-0.2, 0) is 4.79 Å². The lowest BCUT2D eigenvalue weighted by Gasteiger charge is -2.00. The summed E-state index contributed by atoms with van der Waals surface area (Å²) < 4.78 is 5.44. The molecule has 0 atom stereocenters. The van der Waals surface area contributed by atoms with E-state index in [-0.39, 0.29) is 22.0 Å². The molecule has 1 heterocycles. The molecule has 1 aromatic carbocycles. The van der Waals surface area contributed by atoms with Crippen LogP contribution in [0.15, 0.2) is 40.3 Å². The standard InChI is InChI=1S/C14H8ClN3O4/c15-12-6-9(18(20)21)1-3-11(12)13-4-2-10(22-13)5-8(7-16)14(17)19/h1-6H,(H2,17,19). The Hall–Kier alpha value is -3.11. The highest BCUT2D eigenvalue weighted by Gasteiger charge is 2.13. The molecule has 8 heteroatoms. The number of hydrogen-bond acceptors (Lipinski definition) is 5. The van der Waals surface area contributed by atoms with Gasteiger partial charge in [0.1, 0.15) is 23.2 Å². The summed E-state index contributed by atoms with van der Waals surface area (Å²) in [5, 5.41) is 19.6. The Bertz CT molecular complexity index is 833. The Kier molecular flexibility index (Phi) is 4.25. The maximum Gasteiger partial charge on any atom is 0.270 e. The van der Waals surface area contributed by atoms with E-state index in [1.165, 1.54) is 30.3 Å². The number of nitro benzene ring substituents is 1. The van der Waals surface area contributed by atoms with E-state index in [0.29, 0.717) is 11.3 Å². The van der Waals surface area contributed by atoms with Crippen molar-refractivity contribution in [2.75, 3.05) is 0 Å². The second-order valence-electron chi connectivity index (χ2n) is 4.16. The van der Waals surface area contributed by atoms with E-state index < -0.39 is 10.8 Å². The van der Waals surface area contributed by atoms with Gasteiger partial charge in [0.15, 0.2) is 0 Å². The number of rotatable bonds is 4. The molecule has 7 nitrogen and oxygen atoms in total. The molecular weight excluding hydrogens is 310 g/mol. The van der Waals surface area contributed by atoms with Gasteiger partial charge in [-0.05, 0) is 18.2 Å². The van der Waals surface area contributed by atoms with Crippen LogP contribution in [0.3, 0.4) is 0 Å². The molecule has 110 valence electrons. The van der Waals surface area contributed by atoms with Gasteiger partial charge in [-0.15, -0.1) is 0 Å². The van der Waals surface area contributed by atoms with Crippen molar-refractivity contribution in [2.45, 2.75) is 0 Å². The Morgan fingerprint density at radius 1 is 1.41 bits per heavy atom. The lowest BCUT2D eigenvalue weighted by Crippen LogP contribution is -2.12. The van der Waals surface area contributed by atoms with Gasteiger partial charge in [-0.2, -0.15) is 5.26 Å². The highest BCUT2D eigenvalue weighted by atomic mass is 35.5. The summed E-state index contributed by atoms with van der Waals surface area (Å²) in [7, 11) is 0. The van der Waals surface area contributed by atoms with E-state index in [2.05, 4.69) is 0 Å². The number of halogens is 1. The van der Waals surface area contributed by atoms with Gasteiger partial charge in [-0.25, -0.2) is 0 Å². The summed E-state index contributed by atoms with van der Waals surface area (Å²) in [5.41, 5.74) is 5.08. The van der Waals surface area contributed by atoms with Crippen LogP contribution in [0.1, 0.15) is 5.76 Å². The van der Waals surface area contributed by atoms with Crippen molar-refractivity contribution in [3.63, 3.8) is 0 Å². The van der Waals surface area contributed by atoms with Crippen LogP contribution in [0.2, 0.25) is 5.02 Å². The molecule has 2 rings (SSSR count). The average Bonchev–Trinajstić information content (AvgIpc) is 2.92. The van der Waals surface area contributed by atoms with E-state index in [9.17, 15) is 14.9 Å². The van der Waals surface area contributed by atoms with E-state index in [1.54, 1.807) is 12.1 Å². The molecule has 2 N–H and O–H groups in total. The number of carbonyl (C=O) groups excluding carboxylic acids is 1.